The Kier molecular flexibility index (Phi) is 5.82. The second-order valence-electron chi connectivity index (χ2n) is 3.01. The summed E-state index contributed by atoms with van der Waals surface area (Å²) in [6, 6.07) is -1.58. The molecule has 0 bridgehead atoms. The number of rotatable bonds is 6. The van der Waals surface area contributed by atoms with Crippen LogP contribution in [0.3, 0.4) is 0 Å². The molecule has 0 amide bonds. The lowest BCUT2D eigenvalue weighted by Crippen LogP contribution is -2.33. The summed E-state index contributed by atoms with van der Waals surface area (Å²) in [4.78, 5) is 21.1. The van der Waals surface area contributed by atoms with Crippen molar-refractivity contribution in [2.75, 3.05) is 7.11 Å². The van der Waals surface area contributed by atoms with Crippen molar-refractivity contribution in [3.63, 3.8) is 0 Å². The van der Waals surface area contributed by atoms with Gasteiger partial charge >= 0.3 is 11.9 Å². The van der Waals surface area contributed by atoms with Crippen molar-refractivity contribution in [1.82, 2.24) is 0 Å². The van der Waals surface area contributed by atoms with Crippen molar-refractivity contribution >= 4 is 11.9 Å². The lowest BCUT2D eigenvalue weighted by Gasteiger charge is -2.10. The highest BCUT2D eigenvalue weighted by Crippen LogP contribution is 2.02. The molecule has 0 radical (unpaired) electrons. The van der Waals surface area contributed by atoms with Gasteiger partial charge in [-0.05, 0) is 19.3 Å². The third-order valence-electron chi connectivity index (χ3n) is 1.85. The molecule has 14 heavy (non-hydrogen) atoms. The fourth-order valence-corrected chi connectivity index (χ4v) is 0.950. The Hall–Kier alpha value is -1.14. The summed E-state index contributed by atoms with van der Waals surface area (Å²) in [6.07, 6.45) is 1.18. The van der Waals surface area contributed by atoms with Crippen molar-refractivity contribution in [2.24, 2.45) is 11.5 Å². The zero-order chi connectivity index (χ0) is 11.1. The van der Waals surface area contributed by atoms with Crippen molar-refractivity contribution in [3.05, 3.63) is 0 Å². The second-order valence-corrected chi connectivity index (χ2v) is 3.01. The van der Waals surface area contributed by atoms with Crippen LogP contribution in [0.5, 0.6) is 0 Å². The quantitative estimate of drug-likeness (QED) is 0.481. The standard InChI is InChI=1S/C8H16N2O4/c1-14-8(13)6(10)4-2-3-5(9)7(11)12/h5-6H,2-4,9-10H2,1H3,(H,11,12)/t5-,6+/m0/s1. The first-order valence-electron chi connectivity index (χ1n) is 4.30. The van der Waals surface area contributed by atoms with E-state index in [1.807, 2.05) is 0 Å². The molecule has 0 saturated heterocycles. The first kappa shape index (κ1) is 12.9. The molecule has 5 N–H and O–H groups in total. The van der Waals surface area contributed by atoms with Crippen LogP contribution < -0.4 is 11.5 Å². The van der Waals surface area contributed by atoms with E-state index in [9.17, 15) is 9.59 Å². The predicted molar refractivity (Wildman–Crippen MR) is 49.5 cm³/mol. The molecule has 0 unspecified atom stereocenters. The highest BCUT2D eigenvalue weighted by atomic mass is 16.5. The van der Waals surface area contributed by atoms with E-state index in [1.54, 1.807) is 0 Å². The van der Waals surface area contributed by atoms with Crippen molar-refractivity contribution in [1.29, 1.82) is 0 Å². The molecule has 0 aliphatic carbocycles. The van der Waals surface area contributed by atoms with Crippen molar-refractivity contribution in [3.8, 4) is 0 Å². The lowest BCUT2D eigenvalue weighted by molar-refractivity contribution is -0.142. The molecule has 0 saturated carbocycles. The summed E-state index contributed by atoms with van der Waals surface area (Å²) < 4.78 is 4.41. The van der Waals surface area contributed by atoms with E-state index in [4.69, 9.17) is 16.6 Å². The van der Waals surface area contributed by atoms with Crippen LogP contribution in [0, 0.1) is 0 Å². The van der Waals surface area contributed by atoms with Gasteiger partial charge in [-0.2, -0.15) is 0 Å². The number of carbonyl (C=O) groups is 2. The van der Waals surface area contributed by atoms with Crippen LogP contribution in [0.4, 0.5) is 0 Å². The molecule has 0 fully saturated rings. The maximum absolute atomic E-state index is 10.8. The monoisotopic (exact) mass is 204 g/mol. The van der Waals surface area contributed by atoms with Gasteiger partial charge in [-0.1, -0.05) is 0 Å². The number of methoxy groups -OCH3 is 1. The van der Waals surface area contributed by atoms with Gasteiger partial charge in [-0.25, -0.2) is 0 Å². The van der Waals surface area contributed by atoms with Crippen LogP contribution in [-0.4, -0.2) is 36.2 Å². The van der Waals surface area contributed by atoms with E-state index in [-0.39, 0.29) is 0 Å². The number of carboxylic acids is 1. The average Bonchev–Trinajstić information content (AvgIpc) is 2.15. The molecule has 6 nitrogen and oxygen atoms in total. The molecule has 0 rings (SSSR count). The van der Waals surface area contributed by atoms with E-state index in [1.165, 1.54) is 7.11 Å². The number of ether oxygens (including phenoxy) is 1. The zero-order valence-electron chi connectivity index (χ0n) is 8.10. The number of esters is 1. The minimum Gasteiger partial charge on any atom is -0.480 e. The molecule has 0 heterocycles. The van der Waals surface area contributed by atoms with E-state index < -0.39 is 24.0 Å². The Labute approximate surface area is 82.2 Å². The third kappa shape index (κ3) is 4.78. The first-order valence-corrected chi connectivity index (χ1v) is 4.30. The van der Waals surface area contributed by atoms with Crippen molar-refractivity contribution < 1.29 is 19.4 Å². The molecular formula is C8H16N2O4. The van der Waals surface area contributed by atoms with E-state index >= 15 is 0 Å². The molecule has 0 aromatic rings. The maximum Gasteiger partial charge on any atom is 0.322 e. The van der Waals surface area contributed by atoms with Gasteiger partial charge in [0.2, 0.25) is 0 Å². The van der Waals surface area contributed by atoms with Crippen LogP contribution in [0.25, 0.3) is 0 Å². The maximum atomic E-state index is 10.8. The third-order valence-corrected chi connectivity index (χ3v) is 1.85. The van der Waals surface area contributed by atoms with E-state index in [0.717, 1.165) is 0 Å². The number of aliphatic carboxylic acids is 1. The highest BCUT2D eigenvalue weighted by Gasteiger charge is 2.15. The second kappa shape index (κ2) is 6.33. The zero-order valence-corrected chi connectivity index (χ0v) is 8.10. The Bertz CT molecular complexity index is 208. The van der Waals surface area contributed by atoms with Gasteiger partial charge in [0.05, 0.1) is 7.11 Å². The summed E-state index contributed by atoms with van der Waals surface area (Å²) in [5, 5.41) is 8.45. The van der Waals surface area contributed by atoms with Crippen LogP contribution in [0.15, 0.2) is 0 Å². The Balaban J connectivity index is 3.64. The molecule has 82 valence electrons. The molecule has 0 aliphatic rings. The van der Waals surface area contributed by atoms with Crippen LogP contribution in [-0.2, 0) is 14.3 Å². The van der Waals surface area contributed by atoms with Gasteiger partial charge in [0.15, 0.2) is 0 Å². The summed E-state index contributed by atoms with van der Waals surface area (Å²) in [5.74, 6) is -1.54. The van der Waals surface area contributed by atoms with E-state index in [2.05, 4.69) is 4.74 Å². The Morgan fingerprint density at radius 1 is 1.29 bits per heavy atom. The minimum absolute atomic E-state index is 0.306. The SMILES string of the molecule is COC(=O)[C@H](N)CCC[C@H](N)C(=O)O. The summed E-state index contributed by atoms with van der Waals surface area (Å²) >= 11 is 0. The number of carboxylic acid groups (broad SMARTS) is 1. The lowest BCUT2D eigenvalue weighted by atomic mass is 10.1. The Morgan fingerprint density at radius 3 is 2.21 bits per heavy atom. The first-order chi connectivity index (χ1) is 6.49. The summed E-state index contributed by atoms with van der Waals surface area (Å²) in [7, 11) is 1.26. The number of carbonyl (C=O) groups excluding carboxylic acids is 1. The molecule has 0 spiro atoms. The largest absolute Gasteiger partial charge is 0.480 e. The van der Waals surface area contributed by atoms with Gasteiger partial charge in [0.25, 0.3) is 0 Å². The smallest absolute Gasteiger partial charge is 0.322 e. The van der Waals surface area contributed by atoms with Crippen molar-refractivity contribution in [2.45, 2.75) is 31.3 Å². The molecule has 0 aliphatic heterocycles. The topological polar surface area (TPSA) is 116 Å². The van der Waals surface area contributed by atoms with Crippen LogP contribution in [0.1, 0.15) is 19.3 Å². The van der Waals surface area contributed by atoms with Gasteiger partial charge in [-0.3, -0.25) is 9.59 Å². The predicted octanol–water partition coefficient (Wildman–Crippen LogP) is -0.931. The molecule has 0 aromatic carbocycles. The molecular weight excluding hydrogens is 188 g/mol. The van der Waals surface area contributed by atoms with Crippen LogP contribution in [0.2, 0.25) is 0 Å². The Morgan fingerprint density at radius 2 is 1.79 bits per heavy atom. The number of hydrogen-bond acceptors (Lipinski definition) is 5. The van der Waals surface area contributed by atoms with Gasteiger partial charge in [0.1, 0.15) is 12.1 Å². The van der Waals surface area contributed by atoms with Crippen LogP contribution >= 0.6 is 0 Å². The minimum atomic E-state index is -1.04. The average molecular weight is 204 g/mol. The van der Waals surface area contributed by atoms with Gasteiger partial charge < -0.3 is 21.3 Å². The number of nitrogens with two attached hydrogens (primary N) is 2. The van der Waals surface area contributed by atoms with Gasteiger partial charge in [-0.15, -0.1) is 0 Å². The summed E-state index contributed by atoms with van der Waals surface area (Å²) in [5.41, 5.74) is 10.7. The van der Waals surface area contributed by atoms with Gasteiger partial charge in [0, 0.05) is 0 Å². The molecule has 0 aromatic heterocycles. The fraction of sp³-hybridized carbons (Fsp3) is 0.750. The normalized spacial score (nSPS) is 14.5. The highest BCUT2D eigenvalue weighted by molar-refractivity contribution is 5.75. The fourth-order valence-electron chi connectivity index (χ4n) is 0.950. The molecule has 2 atom stereocenters. The number of hydrogen-bond donors (Lipinski definition) is 3. The summed E-state index contributed by atoms with van der Waals surface area (Å²) in [6.45, 7) is 0. The van der Waals surface area contributed by atoms with E-state index in [0.29, 0.717) is 19.3 Å². The molecule has 6 heteroatoms.